The van der Waals surface area contributed by atoms with E-state index in [-0.39, 0.29) is 18.5 Å². The number of anilines is 2. The zero-order chi connectivity index (χ0) is 25.1. The van der Waals surface area contributed by atoms with E-state index in [9.17, 15) is 4.79 Å². The monoisotopic (exact) mass is 484 g/mol. The van der Waals surface area contributed by atoms with Crippen LogP contribution >= 0.6 is 0 Å². The van der Waals surface area contributed by atoms with E-state index in [1.54, 1.807) is 29.4 Å². The molecule has 10 heteroatoms. The van der Waals surface area contributed by atoms with E-state index in [2.05, 4.69) is 30.0 Å². The molecule has 0 bridgehead atoms. The van der Waals surface area contributed by atoms with Crippen molar-refractivity contribution in [1.29, 1.82) is 0 Å². The highest BCUT2D eigenvalue weighted by atomic mass is 16.5. The first-order chi connectivity index (χ1) is 17.5. The number of carbonyl (C=O) groups is 1. The number of rotatable bonds is 6. The fourth-order valence-electron chi connectivity index (χ4n) is 4.22. The highest BCUT2D eigenvalue weighted by Gasteiger charge is 2.26. The first-order valence-corrected chi connectivity index (χ1v) is 11.9. The fraction of sp³-hybridized carbons (Fsp3) is 0.308. The molecule has 0 saturated carbocycles. The van der Waals surface area contributed by atoms with Crippen LogP contribution in [0.3, 0.4) is 0 Å². The molecule has 1 aliphatic rings. The summed E-state index contributed by atoms with van der Waals surface area (Å²) in [6, 6.07) is 12.6. The predicted molar refractivity (Wildman–Crippen MR) is 136 cm³/mol. The zero-order valence-electron chi connectivity index (χ0n) is 20.3. The lowest BCUT2D eigenvalue weighted by atomic mass is 10.1. The van der Waals surface area contributed by atoms with Crippen LogP contribution in [-0.4, -0.2) is 62.3 Å². The molecular weight excluding hydrogens is 456 g/mol. The van der Waals surface area contributed by atoms with E-state index in [4.69, 9.17) is 10.5 Å². The van der Waals surface area contributed by atoms with Crippen LogP contribution in [0.15, 0.2) is 54.9 Å². The Labute approximate surface area is 209 Å². The Morgan fingerprint density at radius 2 is 1.89 bits per heavy atom. The van der Waals surface area contributed by atoms with Crippen molar-refractivity contribution < 1.29 is 9.53 Å². The topological polar surface area (TPSA) is 123 Å². The molecular formula is C26H28N8O2. The normalized spacial score (nSPS) is 14.6. The van der Waals surface area contributed by atoms with Crippen LogP contribution < -0.4 is 10.6 Å². The van der Waals surface area contributed by atoms with Gasteiger partial charge in [-0.05, 0) is 61.9 Å². The van der Waals surface area contributed by atoms with Crippen LogP contribution in [0.5, 0.6) is 0 Å². The number of aryl methyl sites for hydroxylation is 1. The number of carbonyl (C=O) groups excluding carboxylic acids is 1. The first-order valence-electron chi connectivity index (χ1n) is 11.9. The maximum Gasteiger partial charge on any atom is 0.254 e. The Kier molecular flexibility index (Phi) is 6.68. The molecule has 0 spiro atoms. The second-order valence-electron chi connectivity index (χ2n) is 8.80. The number of fused-ring (bicyclic) bond motifs is 1. The lowest BCUT2D eigenvalue weighted by Gasteiger charge is -2.29. The Hall–Kier alpha value is -4.18. The minimum absolute atomic E-state index is 0.162. The highest BCUT2D eigenvalue weighted by molar-refractivity contribution is 5.98. The van der Waals surface area contributed by atoms with Gasteiger partial charge < -0.3 is 20.3 Å². The minimum atomic E-state index is -0.388. The number of ether oxygens (including phenoxy) is 1. The summed E-state index contributed by atoms with van der Waals surface area (Å²) in [6.45, 7) is 6.98. The summed E-state index contributed by atoms with van der Waals surface area (Å²) >= 11 is 0. The summed E-state index contributed by atoms with van der Waals surface area (Å²) < 4.78 is 5.42. The van der Waals surface area contributed by atoms with Crippen LogP contribution in [0.4, 0.5) is 11.6 Å². The fourth-order valence-corrected chi connectivity index (χ4v) is 4.22. The zero-order valence-corrected chi connectivity index (χ0v) is 20.3. The largest absolute Gasteiger partial charge is 0.383 e. The number of benzene rings is 1. The number of nitrogens with two attached hydrogens (primary N) is 1. The third-order valence-electron chi connectivity index (χ3n) is 6.35. The number of hydrogen-bond donors (Lipinski definition) is 1. The lowest BCUT2D eigenvalue weighted by molar-refractivity contribution is 0.0663. The number of nitrogen functional groups attached to an aromatic ring is 1. The third kappa shape index (κ3) is 4.94. The standard InChI is InChI=1S/C26H28N8O2/c1-17-14-20-15-19(4-6-22(20)30-24(17)27)26(35)34(18(2)25-28-8-3-9-29-25)16-21-5-7-23(32-31-21)33-10-12-36-13-11-33/h3-9,14-15,18H,10-13,16H2,1-2H3,(H2,27,30). The second-order valence-corrected chi connectivity index (χ2v) is 8.80. The minimum Gasteiger partial charge on any atom is -0.383 e. The van der Waals surface area contributed by atoms with Gasteiger partial charge in [-0.2, -0.15) is 5.10 Å². The van der Waals surface area contributed by atoms with Crippen molar-refractivity contribution in [3.05, 3.63) is 77.5 Å². The highest BCUT2D eigenvalue weighted by Crippen LogP contribution is 2.25. The molecule has 4 aromatic rings. The van der Waals surface area contributed by atoms with Gasteiger partial charge in [-0.3, -0.25) is 4.79 Å². The smallest absolute Gasteiger partial charge is 0.254 e. The van der Waals surface area contributed by atoms with Crippen molar-refractivity contribution in [1.82, 2.24) is 30.0 Å². The molecule has 4 heterocycles. The molecule has 1 fully saturated rings. The molecule has 1 unspecified atom stereocenters. The van der Waals surface area contributed by atoms with Gasteiger partial charge in [-0.25, -0.2) is 15.0 Å². The maximum atomic E-state index is 13.8. The van der Waals surface area contributed by atoms with Gasteiger partial charge in [-0.15, -0.1) is 5.10 Å². The maximum absolute atomic E-state index is 13.8. The molecule has 0 radical (unpaired) electrons. The van der Waals surface area contributed by atoms with Crippen LogP contribution in [0.1, 0.15) is 40.4 Å². The summed E-state index contributed by atoms with van der Waals surface area (Å²) in [7, 11) is 0. The van der Waals surface area contributed by atoms with E-state index >= 15 is 0 Å². The first kappa shape index (κ1) is 23.6. The van der Waals surface area contributed by atoms with Gasteiger partial charge in [-0.1, -0.05) is 0 Å². The van der Waals surface area contributed by atoms with Gasteiger partial charge in [0.25, 0.3) is 5.91 Å². The molecule has 1 aromatic carbocycles. The Bertz CT molecular complexity index is 1360. The van der Waals surface area contributed by atoms with Crippen molar-refractivity contribution in [3.63, 3.8) is 0 Å². The summed E-state index contributed by atoms with van der Waals surface area (Å²) in [5.41, 5.74) is 8.78. The number of pyridine rings is 1. The molecule has 1 saturated heterocycles. The molecule has 1 aliphatic heterocycles. The van der Waals surface area contributed by atoms with E-state index < -0.39 is 0 Å². The average molecular weight is 485 g/mol. The Morgan fingerprint density at radius 1 is 1.11 bits per heavy atom. The van der Waals surface area contributed by atoms with Crippen molar-refractivity contribution >= 4 is 28.4 Å². The molecule has 5 rings (SSSR count). The van der Waals surface area contributed by atoms with Gasteiger partial charge in [0.1, 0.15) is 11.6 Å². The van der Waals surface area contributed by atoms with Crippen molar-refractivity contribution in [2.45, 2.75) is 26.4 Å². The SMILES string of the molecule is Cc1cc2cc(C(=O)N(Cc3ccc(N4CCOCC4)nn3)C(C)c3ncccn3)ccc2nc1N. The van der Waals surface area contributed by atoms with Crippen molar-refractivity contribution in [2.75, 3.05) is 36.9 Å². The Balaban J connectivity index is 1.45. The molecule has 36 heavy (non-hydrogen) atoms. The number of aromatic nitrogens is 5. The van der Waals surface area contributed by atoms with Crippen molar-refractivity contribution in [2.24, 2.45) is 0 Å². The van der Waals surface area contributed by atoms with Gasteiger partial charge in [0, 0.05) is 36.4 Å². The molecule has 0 aliphatic carbocycles. The molecule has 1 atom stereocenters. The number of hydrogen-bond acceptors (Lipinski definition) is 9. The summed E-state index contributed by atoms with van der Waals surface area (Å²) in [6.07, 6.45) is 3.35. The van der Waals surface area contributed by atoms with Crippen LogP contribution in [-0.2, 0) is 11.3 Å². The third-order valence-corrected chi connectivity index (χ3v) is 6.35. The molecule has 10 nitrogen and oxygen atoms in total. The van der Waals surface area contributed by atoms with Gasteiger partial charge >= 0.3 is 0 Å². The van der Waals surface area contributed by atoms with Crippen LogP contribution in [0, 0.1) is 6.92 Å². The van der Waals surface area contributed by atoms with Crippen molar-refractivity contribution in [3.8, 4) is 0 Å². The quantitative estimate of drug-likeness (QED) is 0.440. The van der Waals surface area contributed by atoms with E-state index in [0.717, 1.165) is 35.4 Å². The van der Waals surface area contributed by atoms with E-state index in [0.29, 0.717) is 36.1 Å². The van der Waals surface area contributed by atoms with E-state index in [1.807, 2.05) is 44.2 Å². The predicted octanol–water partition coefficient (Wildman–Crippen LogP) is 2.95. The molecule has 2 N–H and O–H groups in total. The Morgan fingerprint density at radius 3 is 2.61 bits per heavy atom. The lowest BCUT2D eigenvalue weighted by Crippen LogP contribution is -2.37. The average Bonchev–Trinajstić information content (AvgIpc) is 2.93. The number of nitrogens with zero attached hydrogens (tertiary/aromatic N) is 7. The molecule has 1 amide bonds. The summed E-state index contributed by atoms with van der Waals surface area (Å²) in [5, 5.41) is 9.69. The van der Waals surface area contributed by atoms with E-state index in [1.165, 1.54) is 0 Å². The molecule has 3 aromatic heterocycles. The number of amides is 1. The van der Waals surface area contributed by atoms with Gasteiger partial charge in [0.05, 0.1) is 37.0 Å². The van der Waals surface area contributed by atoms with Gasteiger partial charge in [0.2, 0.25) is 0 Å². The summed E-state index contributed by atoms with van der Waals surface area (Å²) in [5.74, 6) is 1.67. The molecule has 184 valence electrons. The second kappa shape index (κ2) is 10.2. The van der Waals surface area contributed by atoms with Crippen LogP contribution in [0.25, 0.3) is 10.9 Å². The summed E-state index contributed by atoms with van der Waals surface area (Å²) in [4.78, 5) is 30.9. The van der Waals surface area contributed by atoms with Crippen LogP contribution in [0.2, 0.25) is 0 Å². The van der Waals surface area contributed by atoms with Gasteiger partial charge in [0.15, 0.2) is 5.82 Å². The number of morpholine rings is 1.